The molecule has 0 fully saturated rings. The summed E-state index contributed by atoms with van der Waals surface area (Å²) in [5, 5.41) is 0. The number of rotatable bonds is 57. The molecule has 0 amide bonds. The van der Waals surface area contributed by atoms with E-state index in [-0.39, 0.29) is 0 Å². The van der Waals surface area contributed by atoms with Crippen molar-refractivity contribution in [1.29, 1.82) is 0 Å². The molecule has 0 heterocycles. The quantitative estimate of drug-likeness (QED) is 0.0422. The van der Waals surface area contributed by atoms with Gasteiger partial charge in [0.2, 0.25) is 0 Å². The zero-order valence-electron chi connectivity index (χ0n) is 42.7. The Balaban J connectivity index is 3.06. The highest BCUT2D eigenvalue weighted by Gasteiger charge is 2.01. The van der Waals surface area contributed by atoms with Gasteiger partial charge in [0.15, 0.2) is 0 Å². The first kappa shape index (κ1) is 60.9. The molecule has 60 heavy (non-hydrogen) atoms. The Morgan fingerprint density at radius 1 is 0.183 bits per heavy atom. The predicted octanol–water partition coefficient (Wildman–Crippen LogP) is 23.1. The molecule has 0 N–H and O–H groups in total. The maximum atomic E-state index is 2.31. The Morgan fingerprint density at radius 3 is 0.517 bits per heavy atom. The van der Waals surface area contributed by atoms with Gasteiger partial charge in [-0.1, -0.05) is 341 Å². The molecular formula is C58H121P2+. The van der Waals surface area contributed by atoms with Crippen LogP contribution in [0.25, 0.3) is 0 Å². The van der Waals surface area contributed by atoms with Crippen molar-refractivity contribution in [2.75, 3.05) is 12.3 Å². The smallest absolute Gasteiger partial charge is 0.0569 e. The van der Waals surface area contributed by atoms with Gasteiger partial charge in [0.25, 0.3) is 0 Å². The summed E-state index contributed by atoms with van der Waals surface area (Å²) >= 11 is 0. The van der Waals surface area contributed by atoms with E-state index >= 15 is 0 Å². The third kappa shape index (κ3) is 58.9. The summed E-state index contributed by atoms with van der Waals surface area (Å²) in [7, 11) is 2.12. The number of hydrogen-bond acceptors (Lipinski definition) is 0. The van der Waals surface area contributed by atoms with Crippen molar-refractivity contribution in [3.63, 3.8) is 0 Å². The minimum absolute atomic E-state index is 0.785. The zero-order valence-corrected chi connectivity index (χ0v) is 44.8. The molecule has 2 unspecified atom stereocenters. The Morgan fingerprint density at radius 2 is 0.333 bits per heavy atom. The van der Waals surface area contributed by atoms with Gasteiger partial charge >= 0.3 is 0 Å². The summed E-state index contributed by atoms with van der Waals surface area (Å²) in [4.78, 5) is 0. The van der Waals surface area contributed by atoms with Gasteiger partial charge < -0.3 is 0 Å². The second-order valence-corrected chi connectivity index (χ2v) is 24.7. The van der Waals surface area contributed by atoms with E-state index in [0.29, 0.717) is 0 Å². The summed E-state index contributed by atoms with van der Waals surface area (Å²) in [5.41, 5.74) is 0. The van der Waals surface area contributed by atoms with Gasteiger partial charge in [-0.05, 0) is 25.4 Å². The molecule has 0 radical (unpaired) electrons. The largest absolute Gasteiger partial charge is 0.0654 e. The molecule has 0 saturated carbocycles. The molecule has 0 saturated heterocycles. The SMILES string of the molecule is CCCCCCCCCCCCCCCCCCCCCCCCCCCCCP[PH2+]CCCCCCCCCCCCCCCCCCCCCCCCCCCCC. The van der Waals surface area contributed by atoms with Crippen molar-refractivity contribution in [2.24, 2.45) is 0 Å². The summed E-state index contributed by atoms with van der Waals surface area (Å²) in [6.07, 6.45) is 83.8. The van der Waals surface area contributed by atoms with Gasteiger partial charge in [-0.25, -0.2) is 0 Å². The second-order valence-electron chi connectivity index (χ2n) is 20.3. The van der Waals surface area contributed by atoms with Crippen LogP contribution in [-0.2, 0) is 0 Å². The van der Waals surface area contributed by atoms with Gasteiger partial charge in [-0.2, -0.15) is 0 Å². The van der Waals surface area contributed by atoms with Gasteiger partial charge in [0.1, 0.15) is 0 Å². The van der Waals surface area contributed by atoms with Crippen LogP contribution in [0.2, 0.25) is 0 Å². The molecule has 0 nitrogen and oxygen atoms in total. The molecule has 362 valence electrons. The Kier molecular flexibility index (Phi) is 60.7. The van der Waals surface area contributed by atoms with Crippen LogP contribution in [0.5, 0.6) is 0 Å². The van der Waals surface area contributed by atoms with Gasteiger partial charge in [-0.15, -0.1) is 0 Å². The predicted molar refractivity (Wildman–Crippen MR) is 288 cm³/mol. The molecule has 0 aromatic rings. The maximum Gasteiger partial charge on any atom is 0.0569 e. The zero-order chi connectivity index (χ0) is 43.0. The molecule has 0 aliphatic heterocycles. The van der Waals surface area contributed by atoms with Crippen molar-refractivity contribution in [3.8, 4) is 0 Å². The molecule has 0 spiro atoms. The highest BCUT2D eigenvalue weighted by Crippen LogP contribution is 2.38. The van der Waals surface area contributed by atoms with E-state index in [4.69, 9.17) is 0 Å². The molecule has 0 aliphatic rings. The molecule has 2 atom stereocenters. The van der Waals surface area contributed by atoms with Crippen molar-refractivity contribution < 1.29 is 0 Å². The van der Waals surface area contributed by atoms with E-state index < -0.39 is 0 Å². The summed E-state index contributed by atoms with van der Waals surface area (Å²) in [6.45, 7) is 4.63. The van der Waals surface area contributed by atoms with Crippen molar-refractivity contribution in [1.82, 2.24) is 0 Å². The highest BCUT2D eigenvalue weighted by atomic mass is 32.0. The fraction of sp³-hybridized carbons (Fsp3) is 1.00. The van der Waals surface area contributed by atoms with Gasteiger partial charge in [0.05, 0.1) is 6.16 Å². The topological polar surface area (TPSA) is 0 Å². The molecule has 0 bridgehead atoms. The lowest BCUT2D eigenvalue weighted by atomic mass is 10.0. The number of unbranched alkanes of at least 4 members (excludes halogenated alkanes) is 52. The third-order valence-corrected chi connectivity index (χ3v) is 18.2. The summed E-state index contributed by atoms with van der Waals surface area (Å²) < 4.78 is 0. The van der Waals surface area contributed by atoms with E-state index in [1.165, 1.54) is 349 Å². The Hall–Kier alpha value is 0.860. The van der Waals surface area contributed by atoms with Gasteiger partial charge in [-0.3, -0.25) is 0 Å². The maximum absolute atomic E-state index is 2.31. The summed E-state index contributed by atoms with van der Waals surface area (Å²) in [6, 6.07) is 0. The van der Waals surface area contributed by atoms with E-state index in [9.17, 15) is 0 Å². The van der Waals surface area contributed by atoms with Crippen LogP contribution in [0.4, 0.5) is 0 Å². The van der Waals surface area contributed by atoms with Crippen molar-refractivity contribution in [2.45, 2.75) is 361 Å². The van der Waals surface area contributed by atoms with Crippen molar-refractivity contribution in [3.05, 3.63) is 0 Å². The van der Waals surface area contributed by atoms with E-state index in [0.717, 1.165) is 8.27 Å². The molecule has 0 rings (SSSR count). The standard InChI is InChI=1S/C58H120P2/c1-3-5-7-9-11-13-15-17-19-21-23-25-27-29-31-33-35-37-39-41-43-45-47-49-51-53-55-57-59-60-58-56-54-52-50-48-46-44-42-40-38-36-34-32-30-28-26-24-22-20-18-16-14-12-10-8-6-4-2/h59-60H,3-58H2,1-2H3/p+1. The van der Waals surface area contributed by atoms with Crippen LogP contribution in [0.15, 0.2) is 0 Å². The average Bonchev–Trinajstić information content (AvgIpc) is 3.26. The van der Waals surface area contributed by atoms with Gasteiger partial charge in [0, 0.05) is 16.5 Å². The van der Waals surface area contributed by atoms with Crippen LogP contribution >= 0.6 is 16.5 Å². The Labute approximate surface area is 387 Å². The Bertz CT molecular complexity index is 634. The third-order valence-electron chi connectivity index (χ3n) is 14.0. The molecule has 0 aliphatic carbocycles. The minimum atomic E-state index is 0.785. The molecule has 2 heteroatoms. The monoisotopic (exact) mass is 880 g/mol. The van der Waals surface area contributed by atoms with Crippen LogP contribution in [0.3, 0.4) is 0 Å². The van der Waals surface area contributed by atoms with Crippen LogP contribution in [0, 0.1) is 0 Å². The lowest BCUT2D eigenvalue weighted by molar-refractivity contribution is 0.515. The molecular weight excluding hydrogens is 759 g/mol. The fourth-order valence-corrected chi connectivity index (χ4v) is 13.5. The van der Waals surface area contributed by atoms with Crippen LogP contribution in [0.1, 0.15) is 361 Å². The van der Waals surface area contributed by atoms with E-state index in [2.05, 4.69) is 13.8 Å². The highest BCUT2D eigenvalue weighted by molar-refractivity contribution is 8.11. The minimum Gasteiger partial charge on any atom is -0.0654 e. The van der Waals surface area contributed by atoms with E-state index in [1.54, 1.807) is 18.7 Å². The lowest BCUT2D eigenvalue weighted by Crippen LogP contribution is -1.85. The molecule has 0 aromatic carbocycles. The number of hydrogen-bond donors (Lipinski definition) is 0. The van der Waals surface area contributed by atoms with Crippen LogP contribution < -0.4 is 0 Å². The second kappa shape index (κ2) is 59.9. The first-order chi connectivity index (χ1) is 29.9. The summed E-state index contributed by atoms with van der Waals surface area (Å²) in [5.74, 6) is 0. The first-order valence-electron chi connectivity index (χ1n) is 29.5. The normalized spacial score (nSPS) is 12.1. The van der Waals surface area contributed by atoms with Crippen molar-refractivity contribution >= 4 is 16.5 Å². The lowest BCUT2D eigenvalue weighted by Gasteiger charge is -2.04. The van der Waals surface area contributed by atoms with Crippen LogP contribution in [-0.4, -0.2) is 12.3 Å². The molecule has 0 aromatic heterocycles. The first-order valence-corrected chi connectivity index (χ1v) is 33.3. The van der Waals surface area contributed by atoms with E-state index in [1.807, 2.05) is 0 Å². The average molecular weight is 881 g/mol. The fourth-order valence-electron chi connectivity index (χ4n) is 9.66.